The van der Waals surface area contributed by atoms with Gasteiger partial charge in [-0.05, 0) is 32.4 Å². The van der Waals surface area contributed by atoms with Gasteiger partial charge < -0.3 is 14.5 Å². The van der Waals surface area contributed by atoms with E-state index in [1.54, 1.807) is 6.20 Å². The summed E-state index contributed by atoms with van der Waals surface area (Å²) in [6, 6.07) is 3.97. The number of rotatable bonds is 6. The van der Waals surface area contributed by atoms with Crippen LogP contribution >= 0.6 is 0 Å². The Bertz CT molecular complexity index is 597. The van der Waals surface area contributed by atoms with Crippen LogP contribution in [-0.2, 0) is 7.05 Å². The van der Waals surface area contributed by atoms with Crippen LogP contribution in [0.2, 0.25) is 0 Å². The lowest BCUT2D eigenvalue weighted by Gasteiger charge is -2.19. The molecule has 0 saturated carbocycles. The molecule has 0 radical (unpaired) electrons. The Morgan fingerprint density at radius 2 is 2.14 bits per heavy atom. The van der Waals surface area contributed by atoms with Crippen LogP contribution in [0.5, 0.6) is 0 Å². The van der Waals surface area contributed by atoms with E-state index in [1.165, 1.54) is 0 Å². The number of carbonyl (C=O) groups is 1. The summed E-state index contributed by atoms with van der Waals surface area (Å²) in [7, 11) is 1.95. The highest BCUT2D eigenvalue weighted by Gasteiger charge is 2.20. The van der Waals surface area contributed by atoms with Crippen LogP contribution in [0.1, 0.15) is 62.0 Å². The number of nitrogens with one attached hydrogen (secondary N) is 1. The van der Waals surface area contributed by atoms with E-state index in [2.05, 4.69) is 31.1 Å². The van der Waals surface area contributed by atoms with Crippen molar-refractivity contribution in [1.82, 2.24) is 19.4 Å². The van der Waals surface area contributed by atoms with Crippen LogP contribution in [0.3, 0.4) is 0 Å². The van der Waals surface area contributed by atoms with Crippen molar-refractivity contribution in [3.05, 3.63) is 42.2 Å². The number of carbonyl (C=O) groups excluding carboxylic acids is 1. The predicted molar refractivity (Wildman–Crippen MR) is 83.1 cm³/mol. The van der Waals surface area contributed by atoms with Gasteiger partial charge in [0.2, 0.25) is 0 Å². The van der Waals surface area contributed by atoms with E-state index in [4.69, 9.17) is 0 Å². The molecule has 1 N–H and O–H groups in total. The van der Waals surface area contributed by atoms with Gasteiger partial charge in [0.15, 0.2) is 0 Å². The summed E-state index contributed by atoms with van der Waals surface area (Å²) in [5, 5.41) is 3.12. The Hall–Kier alpha value is -2.04. The molecule has 21 heavy (non-hydrogen) atoms. The summed E-state index contributed by atoms with van der Waals surface area (Å²) in [6.45, 7) is 6.25. The molecule has 2 aromatic rings. The molecule has 0 bridgehead atoms. The van der Waals surface area contributed by atoms with Crippen LogP contribution < -0.4 is 5.32 Å². The van der Waals surface area contributed by atoms with Crippen LogP contribution in [0.15, 0.2) is 30.7 Å². The number of aryl methyl sites for hydroxylation is 1. The third kappa shape index (κ3) is 3.35. The Morgan fingerprint density at radius 1 is 1.38 bits per heavy atom. The number of imidazole rings is 1. The lowest BCUT2D eigenvalue weighted by atomic mass is 10.1. The minimum atomic E-state index is -0.0574. The summed E-state index contributed by atoms with van der Waals surface area (Å²) >= 11 is 0. The Kier molecular flexibility index (Phi) is 4.83. The third-order valence-electron chi connectivity index (χ3n) is 3.62. The maximum absolute atomic E-state index is 12.6. The van der Waals surface area contributed by atoms with Crippen LogP contribution in [0, 0.1) is 0 Å². The molecule has 2 rings (SSSR count). The SMILES string of the molecule is CCC[C@@H](NC(=O)c1cccn1C(C)C)c1nccn1C. The van der Waals surface area contributed by atoms with Crippen molar-refractivity contribution in [2.45, 2.75) is 45.7 Å². The van der Waals surface area contributed by atoms with Gasteiger partial charge in [-0.15, -0.1) is 0 Å². The molecular formula is C16H24N4O. The number of nitrogens with zero attached hydrogens (tertiary/aromatic N) is 3. The topological polar surface area (TPSA) is 51.9 Å². The van der Waals surface area contributed by atoms with Gasteiger partial charge in [0.1, 0.15) is 11.5 Å². The molecule has 0 fully saturated rings. The fourth-order valence-corrected chi connectivity index (χ4v) is 2.54. The fraction of sp³-hybridized carbons (Fsp3) is 0.500. The summed E-state index contributed by atoms with van der Waals surface area (Å²) in [5.74, 6) is 0.850. The van der Waals surface area contributed by atoms with Crippen LogP contribution in [0.4, 0.5) is 0 Å². The van der Waals surface area contributed by atoms with E-state index in [0.717, 1.165) is 18.7 Å². The minimum absolute atomic E-state index is 0.0462. The minimum Gasteiger partial charge on any atom is -0.341 e. The normalized spacial score (nSPS) is 12.6. The maximum atomic E-state index is 12.6. The van der Waals surface area contributed by atoms with Crippen molar-refractivity contribution in [2.75, 3.05) is 0 Å². The van der Waals surface area contributed by atoms with Gasteiger partial charge >= 0.3 is 0 Å². The van der Waals surface area contributed by atoms with Crippen LogP contribution in [-0.4, -0.2) is 20.0 Å². The van der Waals surface area contributed by atoms with Crippen molar-refractivity contribution in [2.24, 2.45) is 7.05 Å². The highest BCUT2D eigenvalue weighted by atomic mass is 16.2. The fourth-order valence-electron chi connectivity index (χ4n) is 2.54. The molecule has 0 aliphatic heterocycles. The molecule has 0 aliphatic rings. The lowest BCUT2D eigenvalue weighted by Crippen LogP contribution is -2.32. The van der Waals surface area contributed by atoms with Crippen molar-refractivity contribution < 1.29 is 4.79 Å². The number of amides is 1. The smallest absolute Gasteiger partial charge is 0.268 e. The largest absolute Gasteiger partial charge is 0.341 e. The van der Waals surface area contributed by atoms with Gasteiger partial charge in [-0.2, -0.15) is 0 Å². The van der Waals surface area contributed by atoms with E-state index in [1.807, 2.05) is 40.7 Å². The molecule has 2 aromatic heterocycles. The second kappa shape index (κ2) is 6.61. The van der Waals surface area contributed by atoms with Crippen molar-refractivity contribution in [1.29, 1.82) is 0 Å². The zero-order chi connectivity index (χ0) is 15.4. The average molecular weight is 288 g/mol. The summed E-state index contributed by atoms with van der Waals surface area (Å²) in [4.78, 5) is 16.9. The molecule has 1 atom stereocenters. The Morgan fingerprint density at radius 3 is 2.71 bits per heavy atom. The highest BCUT2D eigenvalue weighted by molar-refractivity contribution is 5.93. The first-order valence-corrected chi connectivity index (χ1v) is 7.49. The number of aromatic nitrogens is 3. The van der Waals surface area contributed by atoms with Gasteiger partial charge in [-0.25, -0.2) is 4.98 Å². The molecule has 114 valence electrons. The summed E-state index contributed by atoms with van der Waals surface area (Å²) in [5.41, 5.74) is 0.695. The Balaban J connectivity index is 2.19. The van der Waals surface area contributed by atoms with Gasteiger partial charge in [-0.3, -0.25) is 4.79 Å². The van der Waals surface area contributed by atoms with E-state index < -0.39 is 0 Å². The van der Waals surface area contributed by atoms with Gasteiger partial charge in [0.25, 0.3) is 5.91 Å². The van der Waals surface area contributed by atoms with E-state index in [-0.39, 0.29) is 18.0 Å². The lowest BCUT2D eigenvalue weighted by molar-refractivity contribution is 0.0921. The first-order chi connectivity index (χ1) is 10.0. The van der Waals surface area contributed by atoms with E-state index in [0.29, 0.717) is 5.69 Å². The summed E-state index contributed by atoms with van der Waals surface area (Å²) < 4.78 is 3.94. The monoisotopic (exact) mass is 288 g/mol. The first-order valence-electron chi connectivity index (χ1n) is 7.49. The van der Waals surface area contributed by atoms with Crippen molar-refractivity contribution in [3.8, 4) is 0 Å². The molecule has 0 aliphatic carbocycles. The molecule has 0 saturated heterocycles. The second-order valence-electron chi connectivity index (χ2n) is 5.61. The molecule has 0 unspecified atom stereocenters. The predicted octanol–water partition coefficient (Wildman–Crippen LogP) is 3.07. The molecule has 0 aromatic carbocycles. The molecule has 1 amide bonds. The standard InChI is InChI=1S/C16H24N4O/c1-5-7-13(15-17-9-11-19(15)4)18-16(21)14-8-6-10-20(14)12(2)3/h6,8-13H,5,7H2,1-4H3,(H,18,21)/t13-/m1/s1. The van der Waals surface area contributed by atoms with Gasteiger partial charge in [0.05, 0.1) is 6.04 Å². The molecule has 0 spiro atoms. The molecule has 2 heterocycles. The van der Waals surface area contributed by atoms with E-state index >= 15 is 0 Å². The summed E-state index contributed by atoms with van der Waals surface area (Å²) in [6.07, 6.45) is 7.47. The second-order valence-corrected chi connectivity index (χ2v) is 5.61. The van der Waals surface area contributed by atoms with E-state index in [9.17, 15) is 4.79 Å². The van der Waals surface area contributed by atoms with Gasteiger partial charge in [0, 0.05) is 31.7 Å². The molecule has 5 nitrogen and oxygen atoms in total. The van der Waals surface area contributed by atoms with Crippen LogP contribution in [0.25, 0.3) is 0 Å². The average Bonchev–Trinajstić information content (AvgIpc) is 3.06. The highest BCUT2D eigenvalue weighted by Crippen LogP contribution is 2.18. The number of hydrogen-bond donors (Lipinski definition) is 1. The van der Waals surface area contributed by atoms with Crippen molar-refractivity contribution >= 4 is 5.91 Å². The zero-order valence-corrected chi connectivity index (χ0v) is 13.2. The zero-order valence-electron chi connectivity index (χ0n) is 13.2. The first kappa shape index (κ1) is 15.4. The third-order valence-corrected chi connectivity index (χ3v) is 3.62. The Labute approximate surface area is 126 Å². The van der Waals surface area contributed by atoms with Crippen molar-refractivity contribution in [3.63, 3.8) is 0 Å². The maximum Gasteiger partial charge on any atom is 0.268 e. The number of hydrogen-bond acceptors (Lipinski definition) is 2. The van der Waals surface area contributed by atoms with Gasteiger partial charge in [-0.1, -0.05) is 13.3 Å². The quantitative estimate of drug-likeness (QED) is 0.888. The molecular weight excluding hydrogens is 264 g/mol. The molecule has 5 heteroatoms.